The summed E-state index contributed by atoms with van der Waals surface area (Å²) in [5, 5.41) is 1.27. The Balaban J connectivity index is 1.40. The summed E-state index contributed by atoms with van der Waals surface area (Å²) in [6.45, 7) is 5.34. The number of hydrogen-bond donors (Lipinski definition) is 2. The Bertz CT molecular complexity index is 1120. The van der Waals surface area contributed by atoms with E-state index in [1.165, 1.54) is 16.5 Å². The molecule has 6 nitrogen and oxygen atoms in total. The van der Waals surface area contributed by atoms with Crippen molar-refractivity contribution in [3.63, 3.8) is 0 Å². The predicted octanol–water partition coefficient (Wildman–Crippen LogP) is 3.09. The molecule has 2 aliphatic rings. The van der Waals surface area contributed by atoms with Crippen molar-refractivity contribution in [2.75, 3.05) is 13.1 Å². The summed E-state index contributed by atoms with van der Waals surface area (Å²) in [5.41, 5.74) is 6.40. The highest BCUT2D eigenvalue weighted by molar-refractivity contribution is 5.97. The number of H-pyrrole nitrogens is 2. The normalized spacial score (nSPS) is 17.5. The molecule has 2 aliphatic heterocycles. The average Bonchev–Trinajstić information content (AvgIpc) is 3.11. The van der Waals surface area contributed by atoms with Crippen LogP contribution >= 0.6 is 0 Å². The number of aryl methyl sites for hydroxylation is 1. The zero-order chi connectivity index (χ0) is 19.1. The smallest absolute Gasteiger partial charge is 0.255 e. The van der Waals surface area contributed by atoms with Gasteiger partial charge in [-0.05, 0) is 43.9 Å². The molecule has 0 saturated carbocycles. The molecule has 4 heterocycles. The monoisotopic (exact) mass is 375 g/mol. The van der Waals surface area contributed by atoms with Crippen LogP contribution in [-0.2, 0) is 19.5 Å². The van der Waals surface area contributed by atoms with Crippen molar-refractivity contribution in [1.29, 1.82) is 0 Å². The van der Waals surface area contributed by atoms with Crippen LogP contribution in [0.2, 0.25) is 0 Å². The van der Waals surface area contributed by atoms with Gasteiger partial charge in [-0.25, -0.2) is 4.98 Å². The molecule has 0 radical (unpaired) electrons. The van der Waals surface area contributed by atoms with E-state index in [1.807, 2.05) is 0 Å². The summed E-state index contributed by atoms with van der Waals surface area (Å²) in [7, 11) is 0. The highest BCUT2D eigenvalue weighted by Crippen LogP contribution is 2.23. The Morgan fingerprint density at radius 2 is 2.14 bits per heavy atom. The lowest BCUT2D eigenvalue weighted by molar-refractivity contribution is 0.242. The molecule has 5 rings (SSSR count). The van der Waals surface area contributed by atoms with Gasteiger partial charge in [0.25, 0.3) is 5.56 Å². The van der Waals surface area contributed by atoms with Crippen LogP contribution in [0.1, 0.15) is 47.5 Å². The quantitative estimate of drug-likeness (QED) is 0.738. The summed E-state index contributed by atoms with van der Waals surface area (Å²) in [4.78, 5) is 30.8. The summed E-state index contributed by atoms with van der Waals surface area (Å²) in [6, 6.07) is 6.48. The number of fused-ring (bicyclic) bond motifs is 2. The second-order valence-corrected chi connectivity index (χ2v) is 7.95. The van der Waals surface area contributed by atoms with Crippen LogP contribution in [-0.4, -0.2) is 38.7 Å². The van der Waals surface area contributed by atoms with Crippen LogP contribution in [0.15, 0.2) is 34.2 Å². The third-order valence-electron chi connectivity index (χ3n) is 5.86. The Labute approximate surface area is 163 Å². The SMILES string of the molecule is Cc1ccc2[nH]cc(CN3CCc4nc(C5=NCCCC5)[nH]c(=O)c4C3)c2c1. The number of nitrogens with one attached hydrogen (secondary N) is 2. The van der Waals surface area contributed by atoms with Crippen LogP contribution in [0.5, 0.6) is 0 Å². The third kappa shape index (κ3) is 3.18. The number of nitrogens with zero attached hydrogens (tertiary/aromatic N) is 3. The second-order valence-electron chi connectivity index (χ2n) is 7.95. The largest absolute Gasteiger partial charge is 0.361 e. The van der Waals surface area contributed by atoms with E-state index in [9.17, 15) is 4.79 Å². The van der Waals surface area contributed by atoms with Crippen LogP contribution in [0.25, 0.3) is 10.9 Å². The Kier molecular flexibility index (Phi) is 4.36. The van der Waals surface area contributed by atoms with Gasteiger partial charge in [0, 0.05) is 49.7 Å². The molecule has 3 aromatic rings. The molecule has 0 saturated heterocycles. The highest BCUT2D eigenvalue weighted by Gasteiger charge is 2.23. The molecule has 6 heteroatoms. The molecule has 1 aromatic carbocycles. The highest BCUT2D eigenvalue weighted by atomic mass is 16.1. The van der Waals surface area contributed by atoms with Gasteiger partial charge in [-0.3, -0.25) is 14.7 Å². The molecule has 0 amide bonds. The first-order valence-electron chi connectivity index (χ1n) is 10.1. The first-order chi connectivity index (χ1) is 13.7. The van der Waals surface area contributed by atoms with Gasteiger partial charge in [-0.15, -0.1) is 0 Å². The van der Waals surface area contributed by atoms with Crippen molar-refractivity contribution < 1.29 is 0 Å². The molecule has 0 bridgehead atoms. The number of aromatic nitrogens is 3. The van der Waals surface area contributed by atoms with E-state index in [4.69, 9.17) is 4.98 Å². The fourth-order valence-corrected chi connectivity index (χ4v) is 4.31. The minimum Gasteiger partial charge on any atom is -0.361 e. The van der Waals surface area contributed by atoms with Crippen LogP contribution in [0, 0.1) is 6.92 Å². The van der Waals surface area contributed by atoms with E-state index in [0.717, 1.165) is 67.8 Å². The molecule has 28 heavy (non-hydrogen) atoms. The topological polar surface area (TPSA) is 77.1 Å². The van der Waals surface area contributed by atoms with Gasteiger partial charge in [-0.1, -0.05) is 11.6 Å². The van der Waals surface area contributed by atoms with Crippen molar-refractivity contribution in [2.45, 2.75) is 45.7 Å². The van der Waals surface area contributed by atoms with Gasteiger partial charge >= 0.3 is 0 Å². The van der Waals surface area contributed by atoms with Gasteiger partial charge in [0.15, 0.2) is 5.82 Å². The molecule has 2 N–H and O–H groups in total. The number of aromatic amines is 2. The van der Waals surface area contributed by atoms with Gasteiger partial charge in [-0.2, -0.15) is 0 Å². The summed E-state index contributed by atoms with van der Waals surface area (Å²) < 4.78 is 0. The lowest BCUT2D eigenvalue weighted by Crippen LogP contribution is -2.36. The minimum absolute atomic E-state index is 0.00672. The zero-order valence-corrected chi connectivity index (χ0v) is 16.2. The maximum atomic E-state index is 12.7. The van der Waals surface area contributed by atoms with Crippen LogP contribution in [0.4, 0.5) is 0 Å². The van der Waals surface area contributed by atoms with E-state index in [-0.39, 0.29) is 5.56 Å². The summed E-state index contributed by atoms with van der Waals surface area (Å²) in [6.07, 6.45) is 6.06. The first-order valence-corrected chi connectivity index (χ1v) is 10.1. The Morgan fingerprint density at radius 3 is 3.00 bits per heavy atom. The molecular weight excluding hydrogens is 350 g/mol. The van der Waals surface area contributed by atoms with E-state index < -0.39 is 0 Å². The summed E-state index contributed by atoms with van der Waals surface area (Å²) >= 11 is 0. The van der Waals surface area contributed by atoms with Crippen molar-refractivity contribution in [2.24, 2.45) is 4.99 Å². The lowest BCUT2D eigenvalue weighted by atomic mass is 10.0. The maximum absolute atomic E-state index is 12.7. The molecule has 0 aliphatic carbocycles. The Hall–Kier alpha value is -2.73. The molecule has 144 valence electrons. The van der Waals surface area contributed by atoms with E-state index in [2.05, 4.69) is 51.2 Å². The first kappa shape index (κ1) is 17.4. The molecule has 0 atom stereocenters. The molecule has 2 aromatic heterocycles. The fourth-order valence-electron chi connectivity index (χ4n) is 4.31. The minimum atomic E-state index is -0.00672. The molecule has 0 spiro atoms. The van der Waals surface area contributed by atoms with Gasteiger partial charge in [0.1, 0.15) is 0 Å². The standard InChI is InChI=1S/C22H25N5O/c1-14-5-6-18-16(10-14)15(11-24-18)12-27-9-7-19-17(13-27)22(28)26-21(25-19)20-4-2-3-8-23-20/h5-6,10-11,24H,2-4,7-9,12-13H2,1H3,(H,25,26,28). The Morgan fingerprint density at radius 1 is 1.21 bits per heavy atom. The van der Waals surface area contributed by atoms with E-state index in [0.29, 0.717) is 12.4 Å². The summed E-state index contributed by atoms with van der Waals surface area (Å²) in [5.74, 6) is 0.684. The van der Waals surface area contributed by atoms with Crippen LogP contribution in [0.3, 0.4) is 0 Å². The second kappa shape index (κ2) is 7.02. The van der Waals surface area contributed by atoms with Crippen LogP contribution < -0.4 is 5.56 Å². The van der Waals surface area contributed by atoms with E-state index >= 15 is 0 Å². The van der Waals surface area contributed by atoms with Gasteiger partial charge < -0.3 is 9.97 Å². The van der Waals surface area contributed by atoms with Crippen molar-refractivity contribution in [1.82, 2.24) is 19.9 Å². The van der Waals surface area contributed by atoms with Crippen molar-refractivity contribution >= 4 is 16.6 Å². The van der Waals surface area contributed by atoms with Crippen molar-refractivity contribution in [3.05, 3.63) is 63.0 Å². The van der Waals surface area contributed by atoms with Gasteiger partial charge in [0.2, 0.25) is 0 Å². The number of aliphatic imine (C=N–C) groups is 1. The van der Waals surface area contributed by atoms with E-state index in [1.54, 1.807) is 0 Å². The molecule has 0 fully saturated rings. The van der Waals surface area contributed by atoms with Gasteiger partial charge in [0.05, 0.1) is 17.0 Å². The number of benzene rings is 1. The molecule has 0 unspecified atom stereocenters. The predicted molar refractivity (Wildman–Crippen MR) is 111 cm³/mol. The average molecular weight is 375 g/mol. The number of rotatable bonds is 3. The van der Waals surface area contributed by atoms with Crippen molar-refractivity contribution in [3.8, 4) is 0 Å². The number of hydrogen-bond acceptors (Lipinski definition) is 4. The maximum Gasteiger partial charge on any atom is 0.255 e. The fraction of sp³-hybridized carbons (Fsp3) is 0.409. The third-order valence-corrected chi connectivity index (χ3v) is 5.86. The zero-order valence-electron chi connectivity index (χ0n) is 16.2. The molecular formula is C22H25N5O. The lowest BCUT2D eigenvalue weighted by Gasteiger charge is -2.27.